The molecule has 0 heterocycles. The zero-order valence-corrected chi connectivity index (χ0v) is 18.1. The second kappa shape index (κ2) is 9.70. The predicted octanol–water partition coefficient (Wildman–Crippen LogP) is 4.22. The lowest BCUT2D eigenvalue weighted by atomic mass is 9.98. The van der Waals surface area contributed by atoms with Crippen molar-refractivity contribution in [3.63, 3.8) is 0 Å². The van der Waals surface area contributed by atoms with Crippen LogP contribution in [0.3, 0.4) is 0 Å². The number of aliphatic hydroxyl groups excluding tert-OH is 1. The van der Waals surface area contributed by atoms with Crippen LogP contribution in [0.25, 0.3) is 11.1 Å². The number of benzene rings is 3. The van der Waals surface area contributed by atoms with E-state index in [4.69, 9.17) is 9.47 Å². The van der Waals surface area contributed by atoms with Gasteiger partial charge in [0.15, 0.2) is 0 Å². The van der Waals surface area contributed by atoms with Crippen LogP contribution in [0.1, 0.15) is 17.0 Å². The molecule has 4 rings (SSSR count). The fraction of sp³-hybridized carbons (Fsp3) is 0.240. The summed E-state index contributed by atoms with van der Waals surface area (Å²) in [5.74, 6) is 0.355. The van der Waals surface area contributed by atoms with Crippen LogP contribution in [0, 0.1) is 10.1 Å². The molecule has 8 nitrogen and oxygen atoms in total. The molecule has 1 aliphatic rings. The summed E-state index contributed by atoms with van der Waals surface area (Å²) in [6.07, 6.45) is -1.49. The summed E-state index contributed by atoms with van der Waals surface area (Å²) in [4.78, 5) is 24.0. The van der Waals surface area contributed by atoms with Gasteiger partial charge in [-0.05, 0) is 34.4 Å². The number of aliphatic hydroxyl groups is 1. The molecule has 0 saturated heterocycles. The molecule has 33 heavy (non-hydrogen) atoms. The summed E-state index contributed by atoms with van der Waals surface area (Å²) < 4.78 is 11.0. The highest BCUT2D eigenvalue weighted by Crippen LogP contribution is 2.44. The maximum absolute atomic E-state index is 12.5. The summed E-state index contributed by atoms with van der Waals surface area (Å²) in [5, 5.41) is 20.9. The Kier molecular flexibility index (Phi) is 6.55. The van der Waals surface area contributed by atoms with Gasteiger partial charge in [0.25, 0.3) is 5.69 Å². The largest absolute Gasteiger partial charge is 0.491 e. The van der Waals surface area contributed by atoms with Crippen molar-refractivity contribution in [2.75, 3.05) is 26.8 Å². The highest BCUT2D eigenvalue weighted by atomic mass is 16.6. The van der Waals surface area contributed by atoms with Crippen molar-refractivity contribution in [2.24, 2.45) is 0 Å². The number of nitro benzene ring substituents is 1. The molecule has 170 valence electrons. The summed E-state index contributed by atoms with van der Waals surface area (Å²) in [6.45, 7) is 0.148. The van der Waals surface area contributed by atoms with Crippen molar-refractivity contribution in [3.05, 3.63) is 94.0 Å². The minimum absolute atomic E-state index is 0.0175. The van der Waals surface area contributed by atoms with Crippen molar-refractivity contribution in [1.29, 1.82) is 0 Å². The molecule has 1 unspecified atom stereocenters. The number of carbonyl (C=O) groups is 1. The van der Waals surface area contributed by atoms with Crippen LogP contribution in [-0.2, 0) is 4.74 Å². The number of ether oxygens (including phenoxy) is 2. The van der Waals surface area contributed by atoms with Gasteiger partial charge in [0.05, 0.1) is 11.5 Å². The molecule has 0 fully saturated rings. The lowest BCUT2D eigenvalue weighted by Crippen LogP contribution is -2.37. The van der Waals surface area contributed by atoms with E-state index in [0.717, 1.165) is 22.3 Å². The van der Waals surface area contributed by atoms with E-state index in [-0.39, 0.29) is 31.4 Å². The number of likely N-dealkylation sites (N-methyl/N-ethyl adjacent to an activating group) is 1. The molecule has 3 aromatic rings. The molecule has 0 spiro atoms. The number of nitro groups is 1. The van der Waals surface area contributed by atoms with Gasteiger partial charge in [0.2, 0.25) is 0 Å². The fourth-order valence-corrected chi connectivity index (χ4v) is 4.00. The van der Waals surface area contributed by atoms with Crippen LogP contribution >= 0.6 is 0 Å². The van der Waals surface area contributed by atoms with Crippen LogP contribution in [0.5, 0.6) is 5.75 Å². The lowest BCUT2D eigenvalue weighted by molar-refractivity contribution is -0.384. The van der Waals surface area contributed by atoms with Gasteiger partial charge in [-0.15, -0.1) is 0 Å². The van der Waals surface area contributed by atoms with E-state index >= 15 is 0 Å². The Bertz CT molecular complexity index is 1100. The van der Waals surface area contributed by atoms with Crippen LogP contribution in [0.15, 0.2) is 72.8 Å². The predicted molar refractivity (Wildman–Crippen MR) is 122 cm³/mol. The molecule has 1 N–H and O–H groups in total. The summed E-state index contributed by atoms with van der Waals surface area (Å²) in [5.41, 5.74) is 4.52. The molecular formula is C25H24N2O6. The van der Waals surface area contributed by atoms with E-state index in [2.05, 4.69) is 24.3 Å². The third kappa shape index (κ3) is 4.96. The Balaban J connectivity index is 1.29. The van der Waals surface area contributed by atoms with Crippen molar-refractivity contribution >= 4 is 11.8 Å². The maximum atomic E-state index is 12.5. The van der Waals surface area contributed by atoms with Crippen LogP contribution in [-0.4, -0.2) is 53.9 Å². The standard InChI is InChI=1S/C25H24N2O6/c1-26(14-18(28)15-32-19-12-10-17(11-13-19)27(30)31)25(29)33-16-24-22-8-4-2-6-20(22)21-7-3-5-9-23(21)24/h2-13,18,24,28H,14-16H2,1H3. The van der Waals surface area contributed by atoms with Crippen molar-refractivity contribution in [1.82, 2.24) is 4.90 Å². The average molecular weight is 448 g/mol. The smallest absolute Gasteiger partial charge is 0.409 e. The van der Waals surface area contributed by atoms with Crippen molar-refractivity contribution in [2.45, 2.75) is 12.0 Å². The van der Waals surface area contributed by atoms with Crippen LogP contribution in [0.4, 0.5) is 10.5 Å². The zero-order chi connectivity index (χ0) is 23.4. The highest BCUT2D eigenvalue weighted by molar-refractivity contribution is 5.79. The fourth-order valence-electron chi connectivity index (χ4n) is 4.00. The number of nitrogens with zero attached hydrogens (tertiary/aromatic N) is 2. The number of fused-ring (bicyclic) bond motifs is 3. The molecule has 1 aliphatic carbocycles. The molecule has 0 aliphatic heterocycles. The van der Waals surface area contributed by atoms with Gasteiger partial charge in [-0.3, -0.25) is 10.1 Å². The van der Waals surface area contributed by atoms with Gasteiger partial charge < -0.3 is 19.5 Å². The third-order valence-corrected chi connectivity index (χ3v) is 5.62. The summed E-state index contributed by atoms with van der Waals surface area (Å²) in [6, 6.07) is 21.8. The summed E-state index contributed by atoms with van der Waals surface area (Å²) >= 11 is 0. The van der Waals surface area contributed by atoms with Gasteiger partial charge in [-0.1, -0.05) is 48.5 Å². The topological polar surface area (TPSA) is 102 Å². The van der Waals surface area contributed by atoms with Gasteiger partial charge in [0, 0.05) is 25.1 Å². The number of rotatable bonds is 8. The van der Waals surface area contributed by atoms with Crippen LogP contribution < -0.4 is 4.74 Å². The normalized spacial score (nSPS) is 13.0. The van der Waals surface area contributed by atoms with Crippen LogP contribution in [0.2, 0.25) is 0 Å². The second-order valence-corrected chi connectivity index (χ2v) is 7.90. The number of non-ortho nitro benzene ring substituents is 1. The molecular weight excluding hydrogens is 424 g/mol. The van der Waals surface area contributed by atoms with Gasteiger partial charge in [0.1, 0.15) is 25.1 Å². The monoisotopic (exact) mass is 448 g/mol. The first-order valence-electron chi connectivity index (χ1n) is 10.6. The molecule has 0 saturated carbocycles. The molecule has 0 bridgehead atoms. The SMILES string of the molecule is CN(CC(O)COc1ccc([N+](=O)[O-])cc1)C(=O)OCC1c2ccccc2-c2ccccc21. The Labute approximate surface area is 191 Å². The van der Waals surface area contributed by atoms with E-state index < -0.39 is 17.1 Å². The molecule has 0 aromatic heterocycles. The number of carbonyl (C=O) groups excluding carboxylic acids is 1. The van der Waals surface area contributed by atoms with E-state index in [1.165, 1.54) is 29.2 Å². The number of amides is 1. The lowest BCUT2D eigenvalue weighted by Gasteiger charge is -2.22. The Morgan fingerprint density at radius 2 is 1.61 bits per heavy atom. The molecule has 1 amide bonds. The molecule has 3 aromatic carbocycles. The Morgan fingerprint density at radius 3 is 2.18 bits per heavy atom. The summed E-state index contributed by atoms with van der Waals surface area (Å²) in [7, 11) is 1.55. The van der Waals surface area contributed by atoms with Gasteiger partial charge >= 0.3 is 6.09 Å². The first kappa shape index (κ1) is 22.3. The quantitative estimate of drug-likeness (QED) is 0.409. The minimum Gasteiger partial charge on any atom is -0.491 e. The highest BCUT2D eigenvalue weighted by Gasteiger charge is 2.29. The van der Waals surface area contributed by atoms with E-state index in [0.29, 0.717) is 5.75 Å². The van der Waals surface area contributed by atoms with E-state index in [1.807, 2.05) is 24.3 Å². The first-order chi connectivity index (χ1) is 15.9. The van der Waals surface area contributed by atoms with Crippen molar-refractivity contribution in [3.8, 4) is 16.9 Å². The van der Waals surface area contributed by atoms with Gasteiger partial charge in [-0.25, -0.2) is 4.79 Å². The minimum atomic E-state index is -0.953. The second-order valence-electron chi connectivity index (χ2n) is 7.90. The zero-order valence-electron chi connectivity index (χ0n) is 18.1. The maximum Gasteiger partial charge on any atom is 0.409 e. The Morgan fingerprint density at radius 1 is 1.03 bits per heavy atom. The van der Waals surface area contributed by atoms with Gasteiger partial charge in [-0.2, -0.15) is 0 Å². The Hall–Kier alpha value is -3.91. The molecule has 8 heteroatoms. The van der Waals surface area contributed by atoms with Crippen molar-refractivity contribution < 1.29 is 24.3 Å². The van der Waals surface area contributed by atoms with E-state index in [1.54, 1.807) is 7.05 Å². The van der Waals surface area contributed by atoms with E-state index in [9.17, 15) is 20.0 Å². The average Bonchev–Trinajstić information content (AvgIpc) is 3.15. The number of hydrogen-bond acceptors (Lipinski definition) is 6. The molecule has 0 radical (unpaired) electrons. The molecule has 1 atom stereocenters. The number of hydrogen-bond donors (Lipinski definition) is 1. The first-order valence-corrected chi connectivity index (χ1v) is 10.6. The third-order valence-electron chi connectivity index (χ3n) is 5.62.